The lowest BCUT2D eigenvalue weighted by Crippen LogP contribution is -2.03. The Morgan fingerprint density at radius 3 is 1.66 bits per heavy atom. The first-order valence-electron chi connectivity index (χ1n) is 11.0. The number of fused-ring (bicyclic) bond motifs is 1. The minimum absolute atomic E-state index is 0.882. The molecule has 1 heterocycles. The predicted octanol–water partition coefficient (Wildman–Crippen LogP) is 7.75. The van der Waals surface area contributed by atoms with Crippen LogP contribution in [0.1, 0.15) is 47.4 Å². The first-order valence-corrected chi connectivity index (χ1v) is 11.0. The van der Waals surface area contributed by atoms with Crippen LogP contribution in [0.3, 0.4) is 0 Å². The smallest absolute Gasteiger partial charge is 0.0849 e. The fourth-order valence-electron chi connectivity index (χ4n) is 4.06. The molecule has 0 spiro atoms. The lowest BCUT2D eigenvalue weighted by molar-refractivity contribution is 1.29. The number of aromatic nitrogens is 1. The van der Waals surface area contributed by atoms with Gasteiger partial charge in [-0.1, -0.05) is 60.7 Å². The van der Waals surface area contributed by atoms with Crippen molar-refractivity contribution in [2.24, 2.45) is 9.98 Å². The Bertz CT molecular complexity index is 1340. The number of hydrogen-bond donors (Lipinski definition) is 0. The maximum Gasteiger partial charge on any atom is 0.0849 e. The molecule has 0 aliphatic carbocycles. The van der Waals surface area contributed by atoms with Crippen molar-refractivity contribution in [1.29, 1.82) is 0 Å². The molecule has 160 valence electrons. The van der Waals surface area contributed by atoms with Crippen LogP contribution in [0.2, 0.25) is 0 Å². The molecule has 4 aromatic rings. The van der Waals surface area contributed by atoms with Crippen LogP contribution in [0.4, 0.5) is 11.4 Å². The summed E-state index contributed by atoms with van der Waals surface area (Å²) >= 11 is 0. The van der Waals surface area contributed by atoms with Crippen LogP contribution in [0.25, 0.3) is 10.9 Å². The van der Waals surface area contributed by atoms with E-state index in [2.05, 4.69) is 101 Å². The number of para-hydroxylation sites is 3. The third-order valence-electron chi connectivity index (χ3n) is 5.92. The average molecular weight is 420 g/mol. The molecule has 0 saturated heterocycles. The monoisotopic (exact) mass is 419 g/mol. The molecule has 0 atom stereocenters. The number of aryl methyl sites for hydroxylation is 4. The molecular formula is C29H29N3. The van der Waals surface area contributed by atoms with E-state index in [9.17, 15) is 0 Å². The minimum atomic E-state index is 0.882. The maximum absolute atomic E-state index is 5.03. The van der Waals surface area contributed by atoms with Crippen molar-refractivity contribution >= 4 is 33.7 Å². The van der Waals surface area contributed by atoms with E-state index in [4.69, 9.17) is 15.0 Å². The summed E-state index contributed by atoms with van der Waals surface area (Å²) in [4.78, 5) is 14.9. The van der Waals surface area contributed by atoms with Crippen LogP contribution in [-0.4, -0.2) is 16.4 Å². The van der Waals surface area contributed by atoms with Crippen molar-refractivity contribution in [3.05, 3.63) is 100 Å². The molecule has 0 N–H and O–H groups in total. The van der Waals surface area contributed by atoms with E-state index in [1.54, 1.807) is 0 Å². The Morgan fingerprint density at radius 1 is 0.594 bits per heavy atom. The summed E-state index contributed by atoms with van der Waals surface area (Å²) in [5.41, 5.74) is 11.5. The van der Waals surface area contributed by atoms with Gasteiger partial charge in [0.15, 0.2) is 0 Å². The van der Waals surface area contributed by atoms with Crippen molar-refractivity contribution in [3.8, 4) is 0 Å². The van der Waals surface area contributed by atoms with Gasteiger partial charge >= 0.3 is 0 Å². The highest BCUT2D eigenvalue weighted by atomic mass is 14.8. The molecule has 0 fully saturated rings. The van der Waals surface area contributed by atoms with Crippen LogP contribution in [0, 0.1) is 27.7 Å². The molecule has 0 bridgehead atoms. The number of hydrogen-bond acceptors (Lipinski definition) is 3. The average Bonchev–Trinajstić information content (AvgIpc) is 2.78. The van der Waals surface area contributed by atoms with Gasteiger partial charge in [0.25, 0.3) is 0 Å². The number of rotatable bonds is 4. The van der Waals surface area contributed by atoms with Gasteiger partial charge in [-0.2, -0.15) is 0 Å². The molecule has 0 aliphatic heterocycles. The topological polar surface area (TPSA) is 37.6 Å². The van der Waals surface area contributed by atoms with Gasteiger partial charge in [-0.05, 0) is 69.9 Å². The Hall–Kier alpha value is -3.59. The summed E-state index contributed by atoms with van der Waals surface area (Å²) in [5, 5.41) is 1.10. The molecule has 3 aromatic carbocycles. The first kappa shape index (κ1) is 21.6. The van der Waals surface area contributed by atoms with Crippen molar-refractivity contribution in [2.45, 2.75) is 41.5 Å². The quantitative estimate of drug-likeness (QED) is 0.312. The zero-order valence-corrected chi connectivity index (χ0v) is 19.7. The molecule has 1 aromatic heterocycles. The van der Waals surface area contributed by atoms with E-state index in [1.807, 2.05) is 6.92 Å². The number of nitrogens with zero attached hydrogens (tertiary/aromatic N) is 3. The van der Waals surface area contributed by atoms with Gasteiger partial charge in [0.1, 0.15) is 0 Å². The van der Waals surface area contributed by atoms with Crippen molar-refractivity contribution in [1.82, 2.24) is 4.98 Å². The molecular weight excluding hydrogens is 390 g/mol. The fraction of sp³-hybridized carbons (Fsp3) is 0.207. The Labute approximate surface area is 190 Å². The van der Waals surface area contributed by atoms with Crippen molar-refractivity contribution in [3.63, 3.8) is 0 Å². The molecule has 0 unspecified atom stereocenters. The molecule has 3 nitrogen and oxygen atoms in total. The van der Waals surface area contributed by atoms with Gasteiger partial charge in [-0.25, -0.2) is 4.98 Å². The zero-order valence-electron chi connectivity index (χ0n) is 19.7. The summed E-state index contributed by atoms with van der Waals surface area (Å²) in [6.45, 7) is 12.5. The second-order valence-corrected chi connectivity index (χ2v) is 8.45. The highest BCUT2D eigenvalue weighted by Crippen LogP contribution is 2.27. The van der Waals surface area contributed by atoms with Crippen molar-refractivity contribution in [2.75, 3.05) is 0 Å². The van der Waals surface area contributed by atoms with Gasteiger partial charge in [0.05, 0.1) is 28.3 Å². The van der Waals surface area contributed by atoms with Gasteiger partial charge in [-0.15, -0.1) is 0 Å². The SMILES string of the molecule is CC(=Nc1c(C)cccc1C)c1ccc2cccc(C(C)=Nc3c(C)cccc3C)c2n1. The third kappa shape index (κ3) is 4.24. The minimum Gasteiger partial charge on any atom is -0.253 e. The zero-order chi connectivity index (χ0) is 22.8. The van der Waals surface area contributed by atoms with E-state index < -0.39 is 0 Å². The Morgan fingerprint density at radius 2 is 1.09 bits per heavy atom. The summed E-state index contributed by atoms with van der Waals surface area (Å²) in [6, 6.07) is 23.0. The largest absolute Gasteiger partial charge is 0.253 e. The van der Waals surface area contributed by atoms with E-state index in [-0.39, 0.29) is 0 Å². The number of aliphatic imine (C=N–C) groups is 2. The van der Waals surface area contributed by atoms with E-state index in [0.29, 0.717) is 0 Å². The van der Waals surface area contributed by atoms with E-state index >= 15 is 0 Å². The third-order valence-corrected chi connectivity index (χ3v) is 5.92. The lowest BCUT2D eigenvalue weighted by atomic mass is 10.0. The summed E-state index contributed by atoms with van der Waals surface area (Å²) in [6.07, 6.45) is 0. The highest BCUT2D eigenvalue weighted by Gasteiger charge is 2.10. The molecule has 0 saturated carbocycles. The van der Waals surface area contributed by atoms with Gasteiger partial charge in [0.2, 0.25) is 0 Å². The predicted molar refractivity (Wildman–Crippen MR) is 137 cm³/mol. The first-order chi connectivity index (χ1) is 15.3. The van der Waals surface area contributed by atoms with Gasteiger partial charge < -0.3 is 0 Å². The van der Waals surface area contributed by atoms with Crippen LogP contribution < -0.4 is 0 Å². The summed E-state index contributed by atoms with van der Waals surface area (Å²) in [5.74, 6) is 0. The Kier molecular flexibility index (Phi) is 6.00. The highest BCUT2D eigenvalue weighted by molar-refractivity contribution is 6.10. The molecule has 3 heteroatoms. The molecule has 0 radical (unpaired) electrons. The second kappa shape index (κ2) is 8.88. The number of benzene rings is 3. The van der Waals surface area contributed by atoms with E-state index in [0.717, 1.165) is 45.0 Å². The number of pyridine rings is 1. The van der Waals surface area contributed by atoms with Crippen LogP contribution in [0.5, 0.6) is 0 Å². The van der Waals surface area contributed by atoms with Gasteiger partial charge in [0, 0.05) is 16.7 Å². The lowest BCUT2D eigenvalue weighted by Gasteiger charge is -2.11. The standard InChI is InChI=1S/C29H29N3/c1-18-10-7-11-19(2)27(18)30-22(5)25-15-9-14-24-16-17-26(32-29(24)25)23(6)31-28-20(3)12-8-13-21(28)4/h7-17H,1-6H3. The molecule has 32 heavy (non-hydrogen) atoms. The maximum atomic E-state index is 5.03. The fourth-order valence-corrected chi connectivity index (χ4v) is 4.06. The summed E-state index contributed by atoms with van der Waals surface area (Å²) in [7, 11) is 0. The van der Waals surface area contributed by atoms with Crippen LogP contribution in [0.15, 0.2) is 76.7 Å². The van der Waals surface area contributed by atoms with Crippen molar-refractivity contribution < 1.29 is 0 Å². The van der Waals surface area contributed by atoms with Crippen LogP contribution >= 0.6 is 0 Å². The molecule has 0 amide bonds. The summed E-state index contributed by atoms with van der Waals surface area (Å²) < 4.78 is 0. The molecule has 0 aliphatic rings. The Balaban J connectivity index is 1.82. The molecule has 4 rings (SSSR count). The van der Waals surface area contributed by atoms with Gasteiger partial charge in [-0.3, -0.25) is 9.98 Å². The van der Waals surface area contributed by atoms with E-state index in [1.165, 1.54) is 22.3 Å². The normalized spacial score (nSPS) is 12.4. The second-order valence-electron chi connectivity index (χ2n) is 8.45. The van der Waals surface area contributed by atoms with Crippen LogP contribution in [-0.2, 0) is 0 Å².